The second-order valence-electron chi connectivity index (χ2n) is 7.84. The molecule has 1 aliphatic heterocycles. The molecule has 1 aromatic carbocycles. The maximum Gasteiger partial charge on any atom is 0.246 e. The number of nitrogens with zero attached hydrogens (tertiary/aromatic N) is 4. The van der Waals surface area contributed by atoms with Crippen molar-refractivity contribution in [3.63, 3.8) is 0 Å². The van der Waals surface area contributed by atoms with E-state index in [1.807, 2.05) is 18.4 Å². The monoisotopic (exact) mass is 431 g/mol. The molecule has 0 radical (unpaired) electrons. The van der Waals surface area contributed by atoms with E-state index in [1.54, 1.807) is 11.8 Å². The molecule has 1 N–H and O–H groups in total. The molecule has 0 fully saturated rings. The number of fused-ring (bicyclic) bond motifs is 1. The highest BCUT2D eigenvalue weighted by Gasteiger charge is 2.27. The number of benzene rings is 1. The van der Waals surface area contributed by atoms with Crippen LogP contribution in [-0.4, -0.2) is 44.6 Å². The molecule has 1 aromatic heterocycles. The summed E-state index contributed by atoms with van der Waals surface area (Å²) < 4.78 is 28.8. The zero-order valence-electron chi connectivity index (χ0n) is 17.9. The van der Waals surface area contributed by atoms with E-state index in [1.165, 1.54) is 18.2 Å². The molecule has 0 saturated carbocycles. The van der Waals surface area contributed by atoms with Crippen LogP contribution < -0.4 is 5.32 Å². The fourth-order valence-corrected chi connectivity index (χ4v) is 3.50. The first kappa shape index (κ1) is 22.6. The molecule has 31 heavy (non-hydrogen) atoms. The van der Waals surface area contributed by atoms with Crippen molar-refractivity contribution in [2.45, 2.75) is 46.2 Å². The number of amides is 2. The first-order valence-corrected chi connectivity index (χ1v) is 10.4. The number of hydrogen-bond donors (Lipinski definition) is 1. The Kier molecular flexibility index (Phi) is 7.14. The van der Waals surface area contributed by atoms with Crippen molar-refractivity contribution in [1.82, 2.24) is 25.0 Å². The van der Waals surface area contributed by atoms with Gasteiger partial charge in [0, 0.05) is 50.2 Å². The summed E-state index contributed by atoms with van der Waals surface area (Å²) in [4.78, 5) is 26.2. The molecule has 2 heterocycles. The molecule has 9 heteroatoms. The number of halogens is 2. The summed E-state index contributed by atoms with van der Waals surface area (Å²) in [6.07, 6.45) is 3.54. The van der Waals surface area contributed by atoms with Gasteiger partial charge in [-0.05, 0) is 24.1 Å². The Morgan fingerprint density at radius 1 is 1.19 bits per heavy atom. The highest BCUT2D eigenvalue weighted by molar-refractivity contribution is 5.91. The highest BCUT2D eigenvalue weighted by atomic mass is 19.1. The predicted molar refractivity (Wildman–Crippen MR) is 112 cm³/mol. The van der Waals surface area contributed by atoms with Gasteiger partial charge in [0.1, 0.15) is 17.5 Å². The minimum Gasteiger partial charge on any atom is -0.346 e. The lowest BCUT2D eigenvalue weighted by atomic mass is 10.0. The molecule has 3 rings (SSSR count). The molecule has 0 saturated heterocycles. The van der Waals surface area contributed by atoms with Gasteiger partial charge in [-0.3, -0.25) is 9.59 Å². The molecule has 0 unspecified atom stereocenters. The van der Waals surface area contributed by atoms with Crippen LogP contribution in [0.2, 0.25) is 0 Å². The van der Waals surface area contributed by atoms with E-state index in [4.69, 9.17) is 0 Å². The second-order valence-corrected chi connectivity index (χ2v) is 7.84. The molecule has 1 atom stereocenters. The first-order chi connectivity index (χ1) is 14.8. The number of carbonyl (C=O) groups is 2. The third kappa shape index (κ3) is 5.34. The molecule has 0 aliphatic carbocycles. The van der Waals surface area contributed by atoms with Crippen molar-refractivity contribution >= 4 is 17.9 Å². The van der Waals surface area contributed by atoms with E-state index < -0.39 is 11.6 Å². The van der Waals surface area contributed by atoms with Crippen LogP contribution >= 0.6 is 0 Å². The topological polar surface area (TPSA) is 80.1 Å². The van der Waals surface area contributed by atoms with E-state index in [-0.39, 0.29) is 29.3 Å². The second kappa shape index (κ2) is 9.80. The third-order valence-electron chi connectivity index (χ3n) is 5.32. The Hall–Kier alpha value is -3.10. The summed E-state index contributed by atoms with van der Waals surface area (Å²) in [7, 11) is 0. The highest BCUT2D eigenvalue weighted by Crippen LogP contribution is 2.23. The number of aromatic nitrogens is 3. The summed E-state index contributed by atoms with van der Waals surface area (Å²) in [5, 5.41) is 11.6. The maximum atomic E-state index is 13.8. The van der Waals surface area contributed by atoms with Crippen LogP contribution in [0.5, 0.6) is 0 Å². The SMILES string of the molecule is CCC(=O)N[C@@H](c1nnc2n1CCN(C(=O)/C=C/c1ccc(F)cc1F)CC2)C(C)C. The average molecular weight is 431 g/mol. The van der Waals surface area contributed by atoms with Gasteiger partial charge in [0.2, 0.25) is 11.8 Å². The van der Waals surface area contributed by atoms with Crippen molar-refractivity contribution in [1.29, 1.82) is 0 Å². The molecule has 0 bridgehead atoms. The van der Waals surface area contributed by atoms with Gasteiger partial charge in [0.15, 0.2) is 5.82 Å². The summed E-state index contributed by atoms with van der Waals surface area (Å²) in [5.41, 5.74) is 0.149. The van der Waals surface area contributed by atoms with E-state index in [2.05, 4.69) is 15.5 Å². The Morgan fingerprint density at radius 3 is 2.65 bits per heavy atom. The van der Waals surface area contributed by atoms with E-state index in [0.717, 1.165) is 18.0 Å². The molecule has 0 spiro atoms. The van der Waals surface area contributed by atoms with Crippen LogP contribution in [0, 0.1) is 17.6 Å². The Morgan fingerprint density at radius 2 is 1.97 bits per heavy atom. The lowest BCUT2D eigenvalue weighted by Gasteiger charge is -2.23. The smallest absolute Gasteiger partial charge is 0.246 e. The summed E-state index contributed by atoms with van der Waals surface area (Å²) >= 11 is 0. The molecular formula is C22H27F2N5O2. The summed E-state index contributed by atoms with van der Waals surface area (Å²) in [6, 6.07) is 2.96. The summed E-state index contributed by atoms with van der Waals surface area (Å²) in [5.74, 6) is -0.131. The normalized spacial score (nSPS) is 15.1. The van der Waals surface area contributed by atoms with Crippen molar-refractivity contribution < 1.29 is 18.4 Å². The lowest BCUT2D eigenvalue weighted by Crippen LogP contribution is -2.34. The van der Waals surface area contributed by atoms with Crippen LogP contribution in [0.25, 0.3) is 6.08 Å². The van der Waals surface area contributed by atoms with Crippen LogP contribution in [-0.2, 0) is 22.6 Å². The van der Waals surface area contributed by atoms with Crippen molar-refractivity contribution in [2.75, 3.05) is 13.1 Å². The van der Waals surface area contributed by atoms with Crippen LogP contribution in [0.4, 0.5) is 8.78 Å². The molecular weight excluding hydrogens is 404 g/mol. The van der Waals surface area contributed by atoms with Crippen LogP contribution in [0.3, 0.4) is 0 Å². The fourth-order valence-electron chi connectivity index (χ4n) is 3.50. The first-order valence-electron chi connectivity index (χ1n) is 10.4. The number of rotatable bonds is 6. The van der Waals surface area contributed by atoms with Gasteiger partial charge in [0.25, 0.3) is 0 Å². The standard InChI is InChI=1S/C22H27F2N5O2/c1-4-19(30)25-21(14(2)3)22-27-26-18-9-10-28(11-12-29(18)22)20(31)8-6-15-5-7-16(23)13-17(15)24/h5-8,13-14,21H,4,9-12H2,1-3H3,(H,25,30)/b8-6+/t21-/m1/s1. The van der Waals surface area contributed by atoms with Crippen LogP contribution in [0.15, 0.2) is 24.3 Å². The number of hydrogen-bond acceptors (Lipinski definition) is 4. The predicted octanol–water partition coefficient (Wildman–Crippen LogP) is 2.88. The minimum absolute atomic E-state index is 0.0559. The Balaban J connectivity index is 1.72. The molecule has 1 aliphatic rings. The zero-order valence-corrected chi connectivity index (χ0v) is 17.9. The van der Waals surface area contributed by atoms with Crippen LogP contribution in [0.1, 0.15) is 50.4 Å². The van der Waals surface area contributed by atoms with Gasteiger partial charge >= 0.3 is 0 Å². The Labute approximate surface area is 180 Å². The third-order valence-corrected chi connectivity index (χ3v) is 5.32. The maximum absolute atomic E-state index is 13.8. The van der Waals surface area contributed by atoms with Gasteiger partial charge in [-0.25, -0.2) is 8.78 Å². The van der Waals surface area contributed by atoms with Gasteiger partial charge in [-0.2, -0.15) is 0 Å². The molecule has 2 amide bonds. The average Bonchev–Trinajstić information content (AvgIpc) is 3.00. The van der Waals surface area contributed by atoms with Crippen molar-refractivity contribution in [2.24, 2.45) is 5.92 Å². The van der Waals surface area contributed by atoms with Gasteiger partial charge in [-0.1, -0.05) is 20.8 Å². The lowest BCUT2D eigenvalue weighted by molar-refractivity contribution is -0.126. The van der Waals surface area contributed by atoms with Gasteiger partial charge in [0.05, 0.1) is 6.04 Å². The van der Waals surface area contributed by atoms with Crippen molar-refractivity contribution in [3.8, 4) is 0 Å². The molecule has 166 valence electrons. The molecule has 7 nitrogen and oxygen atoms in total. The molecule has 2 aromatic rings. The zero-order chi connectivity index (χ0) is 22.5. The quantitative estimate of drug-likeness (QED) is 0.714. The van der Waals surface area contributed by atoms with E-state index in [9.17, 15) is 18.4 Å². The minimum atomic E-state index is -0.718. The summed E-state index contributed by atoms with van der Waals surface area (Å²) in [6.45, 7) is 7.18. The number of carbonyl (C=O) groups excluding carboxylic acids is 2. The van der Waals surface area contributed by atoms with Gasteiger partial charge in [-0.15, -0.1) is 10.2 Å². The number of nitrogens with one attached hydrogen (secondary N) is 1. The van der Waals surface area contributed by atoms with Gasteiger partial charge < -0.3 is 14.8 Å². The van der Waals surface area contributed by atoms with E-state index in [0.29, 0.717) is 38.3 Å². The Bertz CT molecular complexity index is 986. The van der Waals surface area contributed by atoms with E-state index >= 15 is 0 Å². The fraction of sp³-hybridized carbons (Fsp3) is 0.455. The largest absolute Gasteiger partial charge is 0.346 e. The van der Waals surface area contributed by atoms with Crippen molar-refractivity contribution in [3.05, 3.63) is 53.1 Å².